The van der Waals surface area contributed by atoms with Crippen LogP contribution in [0.5, 0.6) is 5.75 Å². The van der Waals surface area contributed by atoms with Crippen LogP contribution in [-0.2, 0) is 17.6 Å². The van der Waals surface area contributed by atoms with E-state index in [9.17, 15) is 18.0 Å². The minimum absolute atomic E-state index is 0.0800. The number of benzene rings is 3. The second-order valence-electron chi connectivity index (χ2n) is 7.18. The number of rotatable bonds is 7. The van der Waals surface area contributed by atoms with Gasteiger partial charge >= 0.3 is 12.1 Å². The van der Waals surface area contributed by atoms with Crippen molar-refractivity contribution in [3.8, 4) is 28.7 Å². The van der Waals surface area contributed by atoms with Crippen molar-refractivity contribution in [1.82, 2.24) is 0 Å². The molecule has 3 aromatic carbocycles. The molecule has 0 amide bonds. The van der Waals surface area contributed by atoms with Crippen molar-refractivity contribution in [3.05, 3.63) is 89.5 Å². The molecule has 3 nitrogen and oxygen atoms in total. The third-order valence-corrected chi connectivity index (χ3v) is 4.84. The van der Waals surface area contributed by atoms with Crippen molar-refractivity contribution in [3.63, 3.8) is 0 Å². The first-order valence-corrected chi connectivity index (χ1v) is 9.89. The molecule has 164 valence electrons. The van der Waals surface area contributed by atoms with E-state index in [4.69, 9.17) is 9.84 Å². The highest BCUT2D eigenvalue weighted by Gasteiger charge is 2.30. The molecule has 32 heavy (non-hydrogen) atoms. The summed E-state index contributed by atoms with van der Waals surface area (Å²) in [5.41, 5.74) is 2.06. The van der Waals surface area contributed by atoms with Crippen LogP contribution in [0, 0.1) is 11.8 Å². The Morgan fingerprint density at radius 3 is 2.28 bits per heavy atom. The zero-order valence-electron chi connectivity index (χ0n) is 17.3. The van der Waals surface area contributed by atoms with E-state index in [1.165, 1.54) is 6.07 Å². The van der Waals surface area contributed by atoms with E-state index < -0.39 is 23.6 Å². The number of carbonyl (C=O) groups is 1. The minimum atomic E-state index is -4.39. The van der Waals surface area contributed by atoms with E-state index in [0.29, 0.717) is 16.9 Å². The smallest absolute Gasteiger partial charge is 0.416 e. The number of halogens is 3. The Hall–Kier alpha value is -3.72. The molecule has 6 heteroatoms. The van der Waals surface area contributed by atoms with Crippen LogP contribution >= 0.6 is 0 Å². The number of ether oxygens (including phenoxy) is 1. The summed E-state index contributed by atoms with van der Waals surface area (Å²) in [6.07, 6.45) is -4.47. The van der Waals surface area contributed by atoms with E-state index in [1.807, 2.05) is 6.07 Å². The van der Waals surface area contributed by atoms with Crippen molar-refractivity contribution in [2.45, 2.75) is 32.0 Å². The van der Waals surface area contributed by atoms with Crippen molar-refractivity contribution in [2.24, 2.45) is 0 Å². The fourth-order valence-electron chi connectivity index (χ4n) is 3.28. The summed E-state index contributed by atoms with van der Waals surface area (Å²) < 4.78 is 44.8. The van der Waals surface area contributed by atoms with Gasteiger partial charge in [-0.3, -0.25) is 4.79 Å². The van der Waals surface area contributed by atoms with Crippen LogP contribution in [0.15, 0.2) is 72.8 Å². The van der Waals surface area contributed by atoms with Gasteiger partial charge < -0.3 is 9.84 Å². The summed E-state index contributed by atoms with van der Waals surface area (Å²) >= 11 is 0. The molecule has 1 unspecified atom stereocenters. The van der Waals surface area contributed by atoms with Gasteiger partial charge in [-0.15, -0.1) is 5.92 Å². The number of aliphatic carboxylic acids is 1. The Bertz CT molecular complexity index is 1140. The molecule has 0 radical (unpaired) electrons. The summed E-state index contributed by atoms with van der Waals surface area (Å²) in [6.45, 7) is 1.90. The molecule has 1 atom stereocenters. The van der Waals surface area contributed by atoms with E-state index in [2.05, 4.69) is 11.8 Å². The van der Waals surface area contributed by atoms with Gasteiger partial charge in [0.05, 0.1) is 17.9 Å². The zero-order chi connectivity index (χ0) is 23.1. The van der Waals surface area contributed by atoms with E-state index in [0.717, 1.165) is 23.3 Å². The van der Waals surface area contributed by atoms with Crippen LogP contribution in [0.4, 0.5) is 13.2 Å². The van der Waals surface area contributed by atoms with Crippen LogP contribution in [0.1, 0.15) is 36.0 Å². The Labute approximate surface area is 184 Å². The van der Waals surface area contributed by atoms with Crippen molar-refractivity contribution < 1.29 is 27.8 Å². The Balaban J connectivity index is 1.70. The van der Waals surface area contributed by atoms with Crippen molar-refractivity contribution >= 4 is 5.97 Å². The number of hydrogen-bond donors (Lipinski definition) is 1. The van der Waals surface area contributed by atoms with Crippen molar-refractivity contribution in [1.29, 1.82) is 0 Å². The van der Waals surface area contributed by atoms with Gasteiger partial charge in [-0.25, -0.2) is 0 Å². The first-order valence-electron chi connectivity index (χ1n) is 9.89. The Morgan fingerprint density at radius 2 is 1.66 bits per heavy atom. The van der Waals surface area contributed by atoms with E-state index in [1.54, 1.807) is 55.5 Å². The van der Waals surface area contributed by atoms with Gasteiger partial charge in [0.2, 0.25) is 0 Å². The number of carboxylic acid groups (broad SMARTS) is 1. The average molecular weight is 438 g/mol. The maximum absolute atomic E-state index is 13.0. The third-order valence-electron chi connectivity index (χ3n) is 4.84. The van der Waals surface area contributed by atoms with Crippen molar-refractivity contribution in [2.75, 3.05) is 0 Å². The summed E-state index contributed by atoms with van der Waals surface area (Å²) in [4.78, 5) is 11.0. The maximum Gasteiger partial charge on any atom is 0.416 e. The zero-order valence-corrected chi connectivity index (χ0v) is 17.3. The topological polar surface area (TPSA) is 46.5 Å². The molecular formula is C26H21F3O3. The molecule has 1 N–H and O–H groups in total. The molecule has 0 aliphatic heterocycles. The summed E-state index contributed by atoms with van der Waals surface area (Å²) in [5.74, 6) is 4.94. The highest BCUT2D eigenvalue weighted by Crippen LogP contribution is 2.32. The molecule has 0 fully saturated rings. The highest BCUT2D eigenvalue weighted by molar-refractivity contribution is 5.69. The second-order valence-corrected chi connectivity index (χ2v) is 7.18. The van der Waals surface area contributed by atoms with E-state index >= 15 is 0 Å². The van der Waals surface area contributed by atoms with Crippen LogP contribution in [-0.4, -0.2) is 11.1 Å². The Kier molecular flexibility index (Phi) is 7.21. The third kappa shape index (κ3) is 6.14. The summed E-state index contributed by atoms with van der Waals surface area (Å²) in [6, 6.07) is 19.4. The van der Waals surface area contributed by atoms with Crippen LogP contribution in [0.25, 0.3) is 11.1 Å². The van der Waals surface area contributed by atoms with Gasteiger partial charge in [-0.2, -0.15) is 13.2 Å². The molecule has 0 aromatic heterocycles. The predicted octanol–water partition coefficient (Wildman–Crippen LogP) is 6.53. The van der Waals surface area contributed by atoms with E-state index in [-0.39, 0.29) is 13.0 Å². The van der Waals surface area contributed by atoms with Gasteiger partial charge in [0, 0.05) is 0 Å². The number of carboxylic acids is 1. The normalized spacial score (nSPS) is 11.9. The van der Waals surface area contributed by atoms with Gasteiger partial charge in [0.1, 0.15) is 12.4 Å². The first kappa shape index (κ1) is 23.0. The van der Waals surface area contributed by atoms with Gasteiger partial charge in [0.25, 0.3) is 0 Å². The number of alkyl halides is 3. The van der Waals surface area contributed by atoms with Gasteiger partial charge in [0.15, 0.2) is 0 Å². The molecule has 0 bridgehead atoms. The molecule has 0 heterocycles. The lowest BCUT2D eigenvalue weighted by Gasteiger charge is -2.12. The standard InChI is InChI=1S/C26H21F3O3/c1-2-5-20(16-25(30)31)19-10-12-24(13-11-19)32-17-18-6-3-7-21(14-18)22-8-4-9-23(15-22)26(27,28)29/h3-4,6-15,20H,16-17H2,1H3,(H,30,31). The SMILES string of the molecule is CC#CC(CC(=O)O)c1ccc(OCc2cccc(-c3cccc(C(F)(F)F)c3)c2)cc1. The lowest BCUT2D eigenvalue weighted by Crippen LogP contribution is -2.05. The summed E-state index contributed by atoms with van der Waals surface area (Å²) in [7, 11) is 0. The van der Waals surface area contributed by atoms with Gasteiger partial charge in [-0.1, -0.05) is 48.4 Å². The molecule has 0 saturated heterocycles. The lowest BCUT2D eigenvalue weighted by atomic mass is 9.96. The average Bonchev–Trinajstić information content (AvgIpc) is 2.77. The molecule has 0 saturated carbocycles. The molecule has 0 aliphatic rings. The largest absolute Gasteiger partial charge is 0.489 e. The Morgan fingerprint density at radius 1 is 1.00 bits per heavy atom. The summed E-state index contributed by atoms with van der Waals surface area (Å²) in [5, 5.41) is 9.05. The van der Waals surface area contributed by atoms with Crippen LogP contribution in [0.3, 0.4) is 0 Å². The van der Waals surface area contributed by atoms with Crippen LogP contribution < -0.4 is 4.74 Å². The van der Waals surface area contributed by atoms with Crippen LogP contribution in [0.2, 0.25) is 0 Å². The second kappa shape index (κ2) is 10.1. The lowest BCUT2D eigenvalue weighted by molar-refractivity contribution is -0.138. The number of hydrogen-bond acceptors (Lipinski definition) is 2. The molecule has 3 rings (SSSR count). The minimum Gasteiger partial charge on any atom is -0.489 e. The fraction of sp³-hybridized carbons (Fsp3) is 0.192. The highest BCUT2D eigenvalue weighted by atomic mass is 19.4. The fourth-order valence-corrected chi connectivity index (χ4v) is 3.28. The first-order chi connectivity index (χ1) is 15.3. The monoisotopic (exact) mass is 438 g/mol. The van der Waals surface area contributed by atoms with Gasteiger partial charge in [-0.05, 0) is 59.5 Å². The molecule has 0 spiro atoms. The maximum atomic E-state index is 13.0. The molecule has 3 aromatic rings. The molecular weight excluding hydrogens is 417 g/mol. The molecule has 0 aliphatic carbocycles. The predicted molar refractivity (Wildman–Crippen MR) is 116 cm³/mol. The quantitative estimate of drug-likeness (QED) is 0.427.